The second-order valence-electron chi connectivity index (χ2n) is 21.1. The topological polar surface area (TPSA) is 69.6 Å². The predicted octanol–water partition coefficient (Wildman–Crippen LogP) is 15.6. The molecule has 0 unspecified atom stereocenters. The number of nitrogens with zero attached hydrogens (tertiary/aromatic N) is 5. The molecule has 0 N–H and O–H groups in total. The van der Waals surface area contributed by atoms with Crippen molar-refractivity contribution in [1.82, 2.24) is 24.5 Å². The standard InChI is InChI=1S/C44H39N4O.C17H22NSi.Ir/c1-27-17-20-34-37(45-27)22-23-38-40(34)48(39-24-18-30(26-36(39)44(2,3)4)29-13-6-5-7-14-29)42(47-38)35-16-10-15-32-33-21-19-31(25-28-11-8-9-12-28)46-43(33)49-41(32)35;1-13(2)15-11-16(14-9-7-6-8-10-14)18-12-17(15)19(3,4)5;/h5-7,10,13-15,17-24,26,28H,8-9,11-12,25H2,1-4H3;6-9,11-13H,1-5H3;/q2*-1;. The van der Waals surface area contributed by atoms with Gasteiger partial charge in [0.2, 0.25) is 5.71 Å². The smallest absolute Gasteiger partial charge is 0.216 e. The average Bonchev–Trinajstić information content (AvgIpc) is 4.09. The number of pyridine rings is 3. The Labute approximate surface area is 422 Å². The van der Waals surface area contributed by atoms with Crippen LogP contribution in [0.1, 0.15) is 88.7 Å². The first-order valence-electron chi connectivity index (χ1n) is 24.4. The van der Waals surface area contributed by atoms with Crippen molar-refractivity contribution in [3.05, 3.63) is 168 Å². The summed E-state index contributed by atoms with van der Waals surface area (Å²) in [6.45, 7) is 20.5. The summed E-state index contributed by atoms with van der Waals surface area (Å²) in [6, 6.07) is 51.4. The molecule has 5 aromatic carbocycles. The zero-order chi connectivity index (χ0) is 47.3. The van der Waals surface area contributed by atoms with E-state index < -0.39 is 8.07 Å². The molecule has 8 heteroatoms. The van der Waals surface area contributed by atoms with Crippen LogP contribution in [0.3, 0.4) is 0 Å². The molecular formula is C61H61IrN5OSi-2. The molecule has 10 aromatic rings. The van der Waals surface area contributed by atoms with Gasteiger partial charge in [0, 0.05) is 54.1 Å². The van der Waals surface area contributed by atoms with Gasteiger partial charge in [0.05, 0.1) is 36.0 Å². The minimum absolute atomic E-state index is 0. The van der Waals surface area contributed by atoms with Crippen molar-refractivity contribution < 1.29 is 24.5 Å². The number of aromatic nitrogens is 5. The number of fused-ring (bicyclic) bond motifs is 6. The second-order valence-corrected chi connectivity index (χ2v) is 26.2. The molecule has 1 fully saturated rings. The Kier molecular flexibility index (Phi) is 13.5. The molecule has 0 spiro atoms. The minimum atomic E-state index is -1.34. The molecule has 69 heavy (non-hydrogen) atoms. The third-order valence-electron chi connectivity index (χ3n) is 13.7. The largest absolute Gasteiger partial charge is 0.486 e. The predicted molar refractivity (Wildman–Crippen MR) is 286 cm³/mol. The first-order chi connectivity index (χ1) is 32.7. The summed E-state index contributed by atoms with van der Waals surface area (Å²) in [5.74, 6) is 2.04. The number of hydrogen-bond acceptors (Lipinski definition) is 5. The van der Waals surface area contributed by atoms with Crippen molar-refractivity contribution in [3.63, 3.8) is 0 Å². The van der Waals surface area contributed by atoms with Crippen molar-refractivity contribution in [2.45, 2.75) is 105 Å². The van der Waals surface area contributed by atoms with Gasteiger partial charge in [0.25, 0.3) is 0 Å². The van der Waals surface area contributed by atoms with Crippen molar-refractivity contribution in [2.75, 3.05) is 0 Å². The molecule has 1 saturated carbocycles. The van der Waals surface area contributed by atoms with Crippen molar-refractivity contribution >= 4 is 57.3 Å². The van der Waals surface area contributed by atoms with Gasteiger partial charge in [-0.25, -0.2) is 4.98 Å². The van der Waals surface area contributed by atoms with Crippen LogP contribution < -0.4 is 5.19 Å². The molecule has 0 saturated heterocycles. The minimum Gasteiger partial charge on any atom is -0.486 e. The molecule has 0 amide bonds. The summed E-state index contributed by atoms with van der Waals surface area (Å²) in [4.78, 5) is 20.0. The summed E-state index contributed by atoms with van der Waals surface area (Å²) in [5, 5.41) is 4.58. The molecule has 11 rings (SSSR count). The average molecular weight is 1100 g/mol. The summed E-state index contributed by atoms with van der Waals surface area (Å²) in [5.41, 5.74) is 15.3. The van der Waals surface area contributed by atoms with E-state index >= 15 is 0 Å². The van der Waals surface area contributed by atoms with Crippen LogP contribution >= 0.6 is 0 Å². The third-order valence-corrected chi connectivity index (χ3v) is 15.7. The van der Waals surface area contributed by atoms with Gasteiger partial charge in [-0.2, -0.15) is 0 Å². The maximum absolute atomic E-state index is 6.70. The van der Waals surface area contributed by atoms with Gasteiger partial charge >= 0.3 is 0 Å². The fourth-order valence-corrected chi connectivity index (χ4v) is 11.8. The second kappa shape index (κ2) is 19.4. The molecule has 6 nitrogen and oxygen atoms in total. The Hall–Kier alpha value is -6.05. The van der Waals surface area contributed by atoms with Gasteiger partial charge in [0.1, 0.15) is 0 Å². The number of hydrogen-bond donors (Lipinski definition) is 0. The van der Waals surface area contributed by atoms with Crippen LogP contribution in [0.2, 0.25) is 19.6 Å². The Morgan fingerprint density at radius 2 is 1.49 bits per heavy atom. The number of aryl methyl sites for hydroxylation is 1. The maximum atomic E-state index is 6.70. The van der Waals surface area contributed by atoms with Gasteiger partial charge in [-0.15, -0.1) is 54.1 Å². The summed E-state index contributed by atoms with van der Waals surface area (Å²) >= 11 is 0. The van der Waals surface area contributed by atoms with Gasteiger partial charge in [-0.05, 0) is 107 Å². The number of imidazole rings is 1. The third kappa shape index (κ3) is 9.64. The number of furan rings is 1. The van der Waals surface area contributed by atoms with Crippen LogP contribution in [0.25, 0.3) is 83.5 Å². The first kappa shape index (κ1) is 48.0. The van der Waals surface area contributed by atoms with E-state index in [2.05, 4.69) is 185 Å². The molecule has 0 aliphatic heterocycles. The molecule has 1 radical (unpaired) electrons. The van der Waals surface area contributed by atoms with Crippen molar-refractivity contribution in [3.8, 4) is 39.5 Å². The molecule has 0 atom stereocenters. The van der Waals surface area contributed by atoms with Gasteiger partial charge < -0.3 is 14.0 Å². The Bertz CT molecular complexity index is 3450. The molecule has 5 heterocycles. The first-order valence-corrected chi connectivity index (χ1v) is 27.9. The van der Waals surface area contributed by atoms with E-state index in [-0.39, 0.29) is 25.5 Å². The van der Waals surface area contributed by atoms with Gasteiger partial charge in [-0.3, -0.25) is 9.97 Å². The molecule has 1 aliphatic carbocycles. The van der Waals surface area contributed by atoms with Crippen molar-refractivity contribution in [2.24, 2.45) is 5.92 Å². The SMILES string of the molecule is CC(C)c1cc(-c2[c-]cccc2)ncc1[Si](C)(C)C.Cc1ccc2c(ccc3nc(-c4[c-]ccc5c4oc4nc(CC6CCCC6)ccc45)n(-c4ccc(-c5ccccc5)cc4C(C)(C)C)c32)n1.[Ir]. The maximum Gasteiger partial charge on any atom is 0.216 e. The fourth-order valence-electron chi connectivity index (χ4n) is 10.1. The van der Waals surface area contributed by atoms with Crippen LogP contribution in [-0.2, 0) is 31.9 Å². The van der Waals surface area contributed by atoms with Gasteiger partial charge in [-0.1, -0.05) is 139 Å². The van der Waals surface area contributed by atoms with E-state index in [1.807, 2.05) is 31.2 Å². The normalized spacial score (nSPS) is 13.4. The zero-order valence-corrected chi connectivity index (χ0v) is 44.8. The summed E-state index contributed by atoms with van der Waals surface area (Å²) in [7, 11) is -1.34. The van der Waals surface area contributed by atoms with Crippen molar-refractivity contribution in [1.29, 1.82) is 0 Å². The number of rotatable bonds is 8. The Morgan fingerprint density at radius 3 is 2.22 bits per heavy atom. The molecule has 0 bridgehead atoms. The fraction of sp³-hybridized carbons (Fsp3) is 0.279. The van der Waals surface area contributed by atoms with Crippen LogP contribution in [0.15, 0.2) is 138 Å². The van der Waals surface area contributed by atoms with E-state index in [1.165, 1.54) is 53.1 Å². The molecular weight excluding hydrogens is 1040 g/mol. The Balaban J connectivity index is 0.000000250. The Morgan fingerprint density at radius 1 is 0.739 bits per heavy atom. The van der Waals surface area contributed by atoms with Crippen LogP contribution in [0.4, 0.5) is 0 Å². The molecule has 351 valence electrons. The van der Waals surface area contributed by atoms with E-state index in [1.54, 1.807) is 0 Å². The van der Waals surface area contributed by atoms with Crippen LogP contribution in [-0.4, -0.2) is 32.6 Å². The number of benzene rings is 5. The summed E-state index contributed by atoms with van der Waals surface area (Å²) in [6.07, 6.45) is 8.35. The summed E-state index contributed by atoms with van der Waals surface area (Å²) < 4.78 is 9.02. The quantitative estimate of drug-likeness (QED) is 0.112. The van der Waals surface area contributed by atoms with E-state index in [0.717, 1.165) is 90.4 Å². The van der Waals surface area contributed by atoms with Crippen LogP contribution in [0.5, 0.6) is 0 Å². The zero-order valence-electron chi connectivity index (χ0n) is 41.4. The van der Waals surface area contributed by atoms with Gasteiger partial charge in [0.15, 0.2) is 0 Å². The van der Waals surface area contributed by atoms with Crippen LogP contribution in [0, 0.1) is 25.0 Å². The molecule has 5 aromatic heterocycles. The monoisotopic (exact) mass is 1100 g/mol. The van der Waals surface area contributed by atoms with E-state index in [0.29, 0.717) is 11.6 Å². The van der Waals surface area contributed by atoms with E-state index in [9.17, 15) is 0 Å². The van der Waals surface area contributed by atoms with E-state index in [4.69, 9.17) is 19.4 Å². The molecule has 1 aliphatic rings.